The van der Waals surface area contributed by atoms with E-state index < -0.39 is 0 Å². The van der Waals surface area contributed by atoms with Gasteiger partial charge in [0.2, 0.25) is 0 Å². The average Bonchev–Trinajstić information content (AvgIpc) is 2.25. The van der Waals surface area contributed by atoms with Crippen LogP contribution in [-0.2, 0) is 0 Å². The maximum atomic E-state index is 10.4. The monoisotopic (exact) mass is 242 g/mol. The molecule has 4 heteroatoms. The first kappa shape index (κ1) is 15.1. The molecule has 0 aromatic heterocycles. The van der Waals surface area contributed by atoms with Gasteiger partial charge >= 0.3 is 37.7 Å². The van der Waals surface area contributed by atoms with E-state index in [-0.39, 0.29) is 55.0 Å². The number of para-hydroxylation sites is 3. The van der Waals surface area contributed by atoms with Gasteiger partial charge in [-0.15, -0.1) is 5.75 Å². The van der Waals surface area contributed by atoms with Crippen LogP contribution >= 0.6 is 0 Å². The second kappa shape index (κ2) is 8.27. The van der Waals surface area contributed by atoms with Crippen LogP contribution in [0.4, 0.5) is 0 Å². The molecule has 0 aliphatic heterocycles. The van der Waals surface area contributed by atoms with Crippen LogP contribution in [0.3, 0.4) is 0 Å². The molecule has 2 aromatic carbocycles. The van der Waals surface area contributed by atoms with Crippen LogP contribution in [0, 0.1) is 0 Å². The van der Waals surface area contributed by atoms with Crippen LogP contribution < -0.4 is 10.2 Å². The maximum absolute atomic E-state index is 10.4. The molecule has 1 N–H and O–H groups in total. The summed E-state index contributed by atoms with van der Waals surface area (Å²) in [6.45, 7) is 0. The molecule has 0 saturated heterocycles. The number of hydrogen-bond acceptors (Lipinski definition) is 3. The Morgan fingerprint density at radius 1 is 0.750 bits per heavy atom. The first-order valence-electron chi connectivity index (χ1n) is 4.37. The van der Waals surface area contributed by atoms with E-state index in [4.69, 9.17) is 5.11 Å². The van der Waals surface area contributed by atoms with Crippen molar-refractivity contribution in [2.24, 2.45) is 0 Å². The van der Waals surface area contributed by atoms with E-state index in [0.717, 1.165) is 0 Å². The van der Waals surface area contributed by atoms with Crippen molar-refractivity contribution in [2.45, 2.75) is 0 Å². The summed E-state index contributed by atoms with van der Waals surface area (Å²) in [6.07, 6.45) is 0. The van der Waals surface area contributed by atoms with E-state index >= 15 is 0 Å². The third-order valence-electron chi connectivity index (χ3n) is 1.61. The first-order chi connectivity index (χ1) is 7.20. The minimum atomic E-state index is -0.326. The van der Waals surface area contributed by atoms with Crippen LogP contribution in [0.2, 0.25) is 0 Å². The topological polar surface area (TPSA) is 66.3 Å². The van der Waals surface area contributed by atoms with Gasteiger partial charge in [-0.1, -0.05) is 54.3 Å². The minimum absolute atomic E-state index is 0. The van der Waals surface area contributed by atoms with Crippen molar-refractivity contribution in [3.8, 4) is 17.2 Å². The largest absolute Gasteiger partial charge is 2.00 e. The fourth-order valence-corrected chi connectivity index (χ4v) is 0.878. The minimum Gasteiger partial charge on any atom is -0.872 e. The Morgan fingerprint density at radius 2 is 1.25 bits per heavy atom. The van der Waals surface area contributed by atoms with Crippen LogP contribution in [0.5, 0.6) is 17.2 Å². The van der Waals surface area contributed by atoms with E-state index in [9.17, 15) is 10.2 Å². The second-order valence-electron chi connectivity index (χ2n) is 2.78. The number of phenolic OH excluding ortho intramolecular Hbond substituents is 1. The summed E-state index contributed by atoms with van der Waals surface area (Å²) < 4.78 is 0. The Bertz CT molecular complexity index is 383. The molecule has 16 heavy (non-hydrogen) atoms. The first-order valence-corrected chi connectivity index (χ1v) is 4.37. The number of hydrogen-bond donors (Lipinski definition) is 1. The molecule has 0 atom stereocenters. The molecule has 78 valence electrons. The molecule has 0 aliphatic rings. The Kier molecular flexibility index (Phi) is 7.81. The number of rotatable bonds is 0. The van der Waals surface area contributed by atoms with Gasteiger partial charge in [0.05, 0.1) is 0 Å². The SMILES string of the molecule is [Ca+2].[O-]c1ccccc1.[O-]c1ccccc1O. The van der Waals surface area contributed by atoms with E-state index in [1.807, 2.05) is 6.07 Å². The third kappa shape index (κ3) is 5.85. The predicted octanol–water partition coefficient (Wildman–Crippen LogP) is 0.845. The van der Waals surface area contributed by atoms with Gasteiger partial charge in [-0.05, 0) is 6.07 Å². The van der Waals surface area contributed by atoms with Crippen molar-refractivity contribution in [1.29, 1.82) is 0 Å². The van der Waals surface area contributed by atoms with Crippen molar-refractivity contribution in [3.05, 3.63) is 54.6 Å². The van der Waals surface area contributed by atoms with Gasteiger partial charge in [0, 0.05) is 0 Å². The number of phenols is 1. The zero-order valence-corrected chi connectivity index (χ0v) is 10.9. The normalized spacial score (nSPS) is 8.25. The van der Waals surface area contributed by atoms with Crippen molar-refractivity contribution >= 4 is 37.7 Å². The third-order valence-corrected chi connectivity index (χ3v) is 1.61. The van der Waals surface area contributed by atoms with Crippen molar-refractivity contribution in [2.75, 3.05) is 0 Å². The molecular formula is C12H10CaO3. The van der Waals surface area contributed by atoms with E-state index in [2.05, 4.69) is 0 Å². The molecule has 0 spiro atoms. The van der Waals surface area contributed by atoms with E-state index in [1.54, 1.807) is 24.3 Å². The predicted molar refractivity (Wildman–Crippen MR) is 59.2 cm³/mol. The zero-order chi connectivity index (χ0) is 11.1. The van der Waals surface area contributed by atoms with Gasteiger partial charge in [0.25, 0.3) is 0 Å². The molecule has 0 amide bonds. The molecular weight excluding hydrogens is 232 g/mol. The second-order valence-corrected chi connectivity index (χ2v) is 2.78. The number of aromatic hydroxyl groups is 1. The molecule has 0 heterocycles. The molecule has 0 unspecified atom stereocenters. The molecule has 2 rings (SSSR count). The average molecular weight is 242 g/mol. The standard InChI is InChI=1S/C6H6O2.C6H6O.Ca/c7-5-3-1-2-4-6(5)8;7-6-4-2-1-3-5-6;/h1-4,7-8H;1-5,7H;/q;;+2/p-2. The van der Waals surface area contributed by atoms with Gasteiger partial charge in [-0.2, -0.15) is 0 Å². The van der Waals surface area contributed by atoms with Crippen molar-refractivity contribution < 1.29 is 15.3 Å². The van der Waals surface area contributed by atoms with Crippen LogP contribution in [0.15, 0.2) is 54.6 Å². The van der Waals surface area contributed by atoms with Gasteiger partial charge in [-0.3, -0.25) is 0 Å². The quantitative estimate of drug-likeness (QED) is 0.696. The summed E-state index contributed by atoms with van der Waals surface area (Å²) in [5, 5.41) is 29.2. The summed E-state index contributed by atoms with van der Waals surface area (Å²) in [5.74, 6) is -0.442. The van der Waals surface area contributed by atoms with E-state index in [0.29, 0.717) is 0 Å². The van der Waals surface area contributed by atoms with Crippen LogP contribution in [0.25, 0.3) is 0 Å². The Balaban J connectivity index is 0.000000267. The number of benzene rings is 2. The van der Waals surface area contributed by atoms with Crippen molar-refractivity contribution in [1.82, 2.24) is 0 Å². The molecule has 0 saturated carbocycles. The fourth-order valence-electron chi connectivity index (χ4n) is 0.878. The molecule has 0 fully saturated rings. The zero-order valence-electron chi connectivity index (χ0n) is 8.67. The van der Waals surface area contributed by atoms with E-state index in [1.165, 1.54) is 24.3 Å². The molecule has 2 aromatic rings. The fraction of sp³-hybridized carbons (Fsp3) is 0. The summed E-state index contributed by atoms with van der Waals surface area (Å²) in [6, 6.07) is 14.2. The van der Waals surface area contributed by atoms with Gasteiger partial charge < -0.3 is 15.3 Å². The Labute approximate surface area is 124 Å². The summed E-state index contributed by atoms with van der Waals surface area (Å²) in [7, 11) is 0. The van der Waals surface area contributed by atoms with Gasteiger partial charge in [0.15, 0.2) is 0 Å². The molecule has 0 aliphatic carbocycles. The maximum Gasteiger partial charge on any atom is 2.00 e. The summed E-state index contributed by atoms with van der Waals surface area (Å²) >= 11 is 0. The Morgan fingerprint density at radius 3 is 1.56 bits per heavy atom. The van der Waals surface area contributed by atoms with Crippen LogP contribution in [-0.4, -0.2) is 42.8 Å². The van der Waals surface area contributed by atoms with Crippen molar-refractivity contribution in [3.63, 3.8) is 0 Å². The molecule has 0 radical (unpaired) electrons. The Hall–Kier alpha value is -0.900. The molecule has 3 nitrogen and oxygen atoms in total. The summed E-state index contributed by atoms with van der Waals surface area (Å²) in [5.41, 5.74) is 0. The van der Waals surface area contributed by atoms with Gasteiger partial charge in [-0.25, -0.2) is 0 Å². The smallest absolute Gasteiger partial charge is 0.872 e. The molecule has 0 bridgehead atoms. The van der Waals surface area contributed by atoms with Crippen LogP contribution in [0.1, 0.15) is 0 Å². The summed E-state index contributed by atoms with van der Waals surface area (Å²) in [4.78, 5) is 0. The van der Waals surface area contributed by atoms with Gasteiger partial charge in [0.1, 0.15) is 5.75 Å².